The van der Waals surface area contributed by atoms with Gasteiger partial charge in [0.15, 0.2) is 5.69 Å². The number of rotatable bonds is 6. The van der Waals surface area contributed by atoms with Crippen molar-refractivity contribution in [2.24, 2.45) is 0 Å². The molecule has 10 heteroatoms. The van der Waals surface area contributed by atoms with Crippen molar-refractivity contribution in [3.63, 3.8) is 0 Å². The largest absolute Gasteiger partial charge is 0.379 e. The fourth-order valence-corrected chi connectivity index (χ4v) is 3.97. The van der Waals surface area contributed by atoms with E-state index in [0.29, 0.717) is 23.6 Å². The first-order chi connectivity index (χ1) is 15.5. The van der Waals surface area contributed by atoms with E-state index >= 15 is 0 Å². The lowest BCUT2D eigenvalue weighted by molar-refractivity contribution is 0.00973. The van der Waals surface area contributed by atoms with Gasteiger partial charge in [-0.15, -0.1) is 0 Å². The van der Waals surface area contributed by atoms with Gasteiger partial charge in [-0.3, -0.25) is 14.1 Å². The maximum atomic E-state index is 13.7. The summed E-state index contributed by atoms with van der Waals surface area (Å²) in [6.07, 6.45) is 1.63. The molecule has 1 aliphatic rings. The fraction of sp³-hybridized carbons (Fsp3) is 0.455. The molecule has 0 aliphatic carbocycles. The number of morpholine rings is 1. The first-order valence-corrected chi connectivity index (χ1v) is 10.7. The molecule has 1 aliphatic heterocycles. The van der Waals surface area contributed by atoms with Crippen molar-refractivity contribution < 1.29 is 14.0 Å². The van der Waals surface area contributed by atoms with Gasteiger partial charge in [-0.2, -0.15) is 4.98 Å². The van der Waals surface area contributed by atoms with Crippen LogP contribution in [0.15, 0.2) is 39.9 Å². The standard InChI is InChI=1S/C22H26N6O4/c1-22(2,30-3)21-24-19(32-25-21)17-18-20(29)27(9-8-26-10-12-31-13-11-26)15-6-4-5-7-16(15)28(18)14-23-17/h4-7,14H,8-13H2,1-3H3. The van der Waals surface area contributed by atoms with E-state index in [4.69, 9.17) is 14.0 Å². The molecular weight excluding hydrogens is 412 g/mol. The van der Waals surface area contributed by atoms with Crippen molar-refractivity contribution in [3.8, 4) is 11.6 Å². The molecule has 0 bridgehead atoms. The van der Waals surface area contributed by atoms with Crippen LogP contribution in [0.4, 0.5) is 0 Å². The zero-order chi connectivity index (χ0) is 22.3. The van der Waals surface area contributed by atoms with Crippen LogP contribution in [0.3, 0.4) is 0 Å². The number of para-hydroxylation sites is 2. The highest BCUT2D eigenvalue weighted by atomic mass is 16.5. The third kappa shape index (κ3) is 3.50. The number of aromatic nitrogens is 5. The van der Waals surface area contributed by atoms with E-state index in [2.05, 4.69) is 20.0 Å². The Kier molecular flexibility index (Phi) is 5.28. The Labute approximate surface area is 184 Å². The molecule has 0 spiro atoms. The minimum atomic E-state index is -0.720. The molecule has 0 N–H and O–H groups in total. The highest BCUT2D eigenvalue weighted by Gasteiger charge is 2.28. The van der Waals surface area contributed by atoms with E-state index < -0.39 is 5.60 Å². The molecule has 3 aromatic heterocycles. The van der Waals surface area contributed by atoms with Gasteiger partial charge in [0.2, 0.25) is 5.82 Å². The first-order valence-electron chi connectivity index (χ1n) is 10.7. The molecule has 10 nitrogen and oxygen atoms in total. The van der Waals surface area contributed by atoms with Gasteiger partial charge in [0.1, 0.15) is 17.4 Å². The Bertz CT molecular complexity index is 1320. The molecule has 1 fully saturated rings. The smallest absolute Gasteiger partial charge is 0.279 e. The van der Waals surface area contributed by atoms with Gasteiger partial charge in [-0.05, 0) is 26.0 Å². The van der Waals surface area contributed by atoms with Crippen molar-refractivity contribution in [1.29, 1.82) is 0 Å². The van der Waals surface area contributed by atoms with Crippen LogP contribution in [-0.2, 0) is 21.6 Å². The van der Waals surface area contributed by atoms with Crippen LogP contribution in [-0.4, -0.2) is 69.0 Å². The molecule has 4 heterocycles. The van der Waals surface area contributed by atoms with Gasteiger partial charge < -0.3 is 18.6 Å². The van der Waals surface area contributed by atoms with Gasteiger partial charge >= 0.3 is 0 Å². The van der Waals surface area contributed by atoms with E-state index in [1.807, 2.05) is 42.7 Å². The number of nitrogens with zero attached hydrogens (tertiary/aromatic N) is 6. The fourth-order valence-electron chi connectivity index (χ4n) is 3.97. The topological polar surface area (TPSA) is 99.9 Å². The maximum Gasteiger partial charge on any atom is 0.279 e. The molecule has 1 saturated heterocycles. The second-order valence-electron chi connectivity index (χ2n) is 8.35. The summed E-state index contributed by atoms with van der Waals surface area (Å²) in [5.41, 5.74) is 1.66. The van der Waals surface area contributed by atoms with Crippen LogP contribution in [0.1, 0.15) is 19.7 Å². The van der Waals surface area contributed by atoms with Crippen LogP contribution >= 0.6 is 0 Å². The van der Waals surface area contributed by atoms with Crippen molar-refractivity contribution in [2.45, 2.75) is 26.0 Å². The zero-order valence-electron chi connectivity index (χ0n) is 18.4. The lowest BCUT2D eigenvalue weighted by atomic mass is 10.1. The number of hydrogen-bond donors (Lipinski definition) is 0. The summed E-state index contributed by atoms with van der Waals surface area (Å²) in [5, 5.41) is 4.05. The minimum absolute atomic E-state index is 0.143. The predicted octanol–water partition coefficient (Wildman–Crippen LogP) is 1.91. The molecule has 0 saturated carbocycles. The molecule has 0 unspecified atom stereocenters. The second kappa shape index (κ2) is 8.12. The Morgan fingerprint density at radius 3 is 2.62 bits per heavy atom. The highest BCUT2D eigenvalue weighted by molar-refractivity contribution is 5.83. The number of benzene rings is 1. The van der Waals surface area contributed by atoms with Crippen LogP contribution in [0.5, 0.6) is 0 Å². The molecule has 0 atom stereocenters. The molecule has 168 valence electrons. The molecule has 4 aromatic rings. The molecule has 0 amide bonds. The van der Waals surface area contributed by atoms with Crippen LogP contribution in [0.2, 0.25) is 0 Å². The van der Waals surface area contributed by atoms with Crippen molar-refractivity contribution in [2.75, 3.05) is 40.0 Å². The number of methoxy groups -OCH3 is 1. The summed E-state index contributed by atoms with van der Waals surface area (Å²) < 4.78 is 20.0. The van der Waals surface area contributed by atoms with Gasteiger partial charge in [-0.1, -0.05) is 17.3 Å². The summed E-state index contributed by atoms with van der Waals surface area (Å²) in [6, 6.07) is 7.82. The van der Waals surface area contributed by atoms with E-state index in [-0.39, 0.29) is 11.4 Å². The molecule has 1 aromatic carbocycles. The van der Waals surface area contributed by atoms with Crippen molar-refractivity contribution in [3.05, 3.63) is 46.8 Å². The molecule has 32 heavy (non-hydrogen) atoms. The summed E-state index contributed by atoms with van der Waals surface area (Å²) in [6.45, 7) is 8.20. The quantitative estimate of drug-likeness (QED) is 0.450. The first kappa shape index (κ1) is 20.8. The van der Waals surface area contributed by atoms with Gasteiger partial charge in [0, 0.05) is 33.3 Å². The number of fused-ring (bicyclic) bond motifs is 3. The highest BCUT2D eigenvalue weighted by Crippen LogP contribution is 2.27. The van der Waals surface area contributed by atoms with E-state index in [9.17, 15) is 4.79 Å². The Hall–Kier alpha value is -3.08. The zero-order valence-corrected chi connectivity index (χ0v) is 18.4. The van der Waals surface area contributed by atoms with Gasteiger partial charge in [0.05, 0.1) is 24.2 Å². The van der Waals surface area contributed by atoms with Crippen LogP contribution < -0.4 is 5.56 Å². The third-order valence-corrected chi connectivity index (χ3v) is 6.07. The van der Waals surface area contributed by atoms with Gasteiger partial charge in [0.25, 0.3) is 11.4 Å². The Morgan fingerprint density at radius 1 is 1.12 bits per heavy atom. The average molecular weight is 438 g/mol. The third-order valence-electron chi connectivity index (χ3n) is 6.07. The number of ether oxygens (including phenoxy) is 2. The number of hydrogen-bond acceptors (Lipinski definition) is 8. The molecular formula is C22H26N6O4. The normalized spacial score (nSPS) is 15.7. The summed E-state index contributed by atoms with van der Waals surface area (Å²) in [5.74, 6) is 0.587. The predicted molar refractivity (Wildman–Crippen MR) is 118 cm³/mol. The van der Waals surface area contributed by atoms with Crippen molar-refractivity contribution in [1.82, 2.24) is 29.0 Å². The number of imidazole rings is 1. The van der Waals surface area contributed by atoms with E-state index in [0.717, 1.165) is 43.9 Å². The summed E-state index contributed by atoms with van der Waals surface area (Å²) in [7, 11) is 1.58. The molecule has 0 radical (unpaired) electrons. The Balaban J connectivity index is 1.62. The lowest BCUT2D eigenvalue weighted by Gasteiger charge is -2.27. The van der Waals surface area contributed by atoms with Gasteiger partial charge in [-0.25, -0.2) is 4.98 Å². The average Bonchev–Trinajstić information content (AvgIpc) is 3.48. The van der Waals surface area contributed by atoms with Crippen LogP contribution in [0.25, 0.3) is 28.1 Å². The lowest BCUT2D eigenvalue weighted by Crippen LogP contribution is -2.39. The SMILES string of the molecule is COC(C)(C)c1noc(-c2ncn3c2c(=O)n(CCN2CCOCC2)c2ccccc23)n1. The monoisotopic (exact) mass is 438 g/mol. The van der Waals surface area contributed by atoms with Crippen molar-refractivity contribution >= 4 is 16.6 Å². The van der Waals surface area contributed by atoms with E-state index in [1.54, 1.807) is 17.8 Å². The minimum Gasteiger partial charge on any atom is -0.379 e. The maximum absolute atomic E-state index is 13.7. The summed E-state index contributed by atoms with van der Waals surface area (Å²) in [4.78, 5) is 24.9. The van der Waals surface area contributed by atoms with Crippen LogP contribution in [0, 0.1) is 0 Å². The summed E-state index contributed by atoms with van der Waals surface area (Å²) >= 11 is 0. The molecule has 5 rings (SSSR count). The van der Waals surface area contributed by atoms with E-state index in [1.165, 1.54) is 0 Å². The second-order valence-corrected chi connectivity index (χ2v) is 8.35. The Morgan fingerprint density at radius 2 is 1.88 bits per heavy atom.